The third kappa shape index (κ3) is 5.48. The average molecular weight is 643 g/mol. The third-order valence-electron chi connectivity index (χ3n) is 8.47. The van der Waals surface area contributed by atoms with Gasteiger partial charge in [0.2, 0.25) is 15.9 Å². The molecular formula is C33H30N4O8S. The number of hydrogen-bond acceptors (Lipinski definition) is 8. The van der Waals surface area contributed by atoms with Gasteiger partial charge in [0.25, 0.3) is 17.5 Å². The molecule has 1 atom stereocenters. The lowest BCUT2D eigenvalue weighted by Crippen LogP contribution is -2.50. The van der Waals surface area contributed by atoms with Gasteiger partial charge in [-0.2, -0.15) is 4.31 Å². The Kier molecular flexibility index (Phi) is 8.28. The normalized spacial score (nSPS) is 16.8. The Balaban J connectivity index is 1.28. The van der Waals surface area contributed by atoms with Crippen LogP contribution in [0.25, 0.3) is 10.8 Å². The Bertz CT molecular complexity index is 1930. The number of rotatable bonds is 9. The van der Waals surface area contributed by atoms with Gasteiger partial charge in [-0.15, -0.1) is 0 Å². The molecule has 0 radical (unpaired) electrons. The van der Waals surface area contributed by atoms with Crippen molar-refractivity contribution in [2.24, 2.45) is 5.92 Å². The predicted molar refractivity (Wildman–Crippen MR) is 169 cm³/mol. The maximum Gasteiger partial charge on any atom is 0.289 e. The Morgan fingerprint density at radius 2 is 1.61 bits per heavy atom. The van der Waals surface area contributed by atoms with Crippen LogP contribution in [-0.4, -0.2) is 73.6 Å². The van der Waals surface area contributed by atoms with E-state index in [2.05, 4.69) is 0 Å². The van der Waals surface area contributed by atoms with Crippen LogP contribution in [0.15, 0.2) is 89.8 Å². The monoisotopic (exact) mass is 642 g/mol. The number of imide groups is 1. The van der Waals surface area contributed by atoms with Gasteiger partial charge in [0.15, 0.2) is 4.90 Å². The topological polar surface area (TPSA) is 147 Å². The maximum atomic E-state index is 14.2. The van der Waals surface area contributed by atoms with Crippen molar-refractivity contribution in [2.75, 3.05) is 38.2 Å². The molecule has 0 bridgehead atoms. The highest BCUT2D eigenvalue weighted by atomic mass is 32.2. The number of nitrogens with zero attached hydrogens (tertiary/aromatic N) is 4. The second-order valence-corrected chi connectivity index (χ2v) is 13.0. The highest BCUT2D eigenvalue weighted by Crippen LogP contribution is 2.33. The number of hydrogen-bond donors (Lipinski definition) is 0. The molecule has 4 aromatic carbocycles. The van der Waals surface area contributed by atoms with Crippen molar-refractivity contribution >= 4 is 49.9 Å². The molecule has 0 saturated carbocycles. The molecule has 0 N–H and O–H groups in total. The van der Waals surface area contributed by atoms with Gasteiger partial charge in [0.1, 0.15) is 5.75 Å². The van der Waals surface area contributed by atoms with E-state index in [1.807, 2.05) is 12.1 Å². The van der Waals surface area contributed by atoms with Crippen LogP contribution in [0, 0.1) is 16.0 Å². The van der Waals surface area contributed by atoms with Crippen LogP contribution in [0.1, 0.15) is 33.6 Å². The molecule has 236 valence electrons. The summed E-state index contributed by atoms with van der Waals surface area (Å²) in [4.78, 5) is 54.3. The minimum absolute atomic E-state index is 0.0474. The molecule has 0 unspecified atom stereocenters. The van der Waals surface area contributed by atoms with Gasteiger partial charge in [0.05, 0.1) is 18.0 Å². The van der Waals surface area contributed by atoms with Crippen molar-refractivity contribution in [3.05, 3.63) is 106 Å². The second kappa shape index (κ2) is 12.3. The summed E-state index contributed by atoms with van der Waals surface area (Å²) in [5, 5.41) is 13.0. The van der Waals surface area contributed by atoms with Gasteiger partial charge >= 0.3 is 0 Å². The average Bonchev–Trinajstić information content (AvgIpc) is 3.08. The number of anilines is 1. The first-order chi connectivity index (χ1) is 22.1. The zero-order chi connectivity index (χ0) is 32.6. The number of para-hydroxylation sites is 1. The minimum atomic E-state index is -4.29. The first-order valence-electron chi connectivity index (χ1n) is 14.7. The minimum Gasteiger partial charge on any atom is -0.497 e. The van der Waals surface area contributed by atoms with E-state index in [-0.39, 0.29) is 26.2 Å². The molecule has 3 amide bonds. The number of nitro groups is 1. The van der Waals surface area contributed by atoms with Gasteiger partial charge < -0.3 is 9.64 Å². The van der Waals surface area contributed by atoms with Crippen molar-refractivity contribution in [2.45, 2.75) is 17.7 Å². The largest absolute Gasteiger partial charge is 0.497 e. The summed E-state index contributed by atoms with van der Waals surface area (Å²) in [7, 11) is -2.78. The van der Waals surface area contributed by atoms with Crippen LogP contribution >= 0.6 is 0 Å². The molecule has 0 aromatic heterocycles. The van der Waals surface area contributed by atoms with E-state index in [1.54, 1.807) is 48.5 Å². The standard InChI is InChI=1S/C33H30N4O8S/c1-45-25-16-14-24(15-17-25)35(19-20-36-32(39)26-10-4-7-22-8-5-11-27(30(22)26)33(36)40)31(38)23-9-6-18-34(21-23)46(43,44)29-13-3-2-12-28(29)37(41)42/h2-5,7-8,10-17,23H,6,9,18-21H2,1H3/t23-/m0/s1. The zero-order valence-corrected chi connectivity index (χ0v) is 25.7. The summed E-state index contributed by atoms with van der Waals surface area (Å²) >= 11 is 0. The number of nitro benzene ring substituents is 1. The number of ether oxygens (including phenoxy) is 1. The third-order valence-corrected chi connectivity index (χ3v) is 10.4. The fraction of sp³-hybridized carbons (Fsp3) is 0.242. The van der Waals surface area contributed by atoms with Crippen molar-refractivity contribution in [3.63, 3.8) is 0 Å². The molecule has 13 heteroatoms. The Morgan fingerprint density at radius 3 is 2.24 bits per heavy atom. The molecule has 4 aromatic rings. The molecule has 2 aliphatic rings. The van der Waals surface area contributed by atoms with Crippen LogP contribution in [0.5, 0.6) is 5.75 Å². The van der Waals surface area contributed by atoms with E-state index >= 15 is 0 Å². The molecule has 2 aliphatic heterocycles. The highest BCUT2D eigenvalue weighted by molar-refractivity contribution is 7.89. The first-order valence-corrected chi connectivity index (χ1v) is 16.1. The fourth-order valence-corrected chi connectivity index (χ4v) is 7.84. The number of amides is 3. The van der Waals surface area contributed by atoms with Gasteiger partial charge in [0, 0.05) is 54.4 Å². The smallest absolute Gasteiger partial charge is 0.289 e. The molecule has 0 aliphatic carbocycles. The molecule has 1 saturated heterocycles. The van der Waals surface area contributed by atoms with Crippen LogP contribution in [-0.2, 0) is 14.8 Å². The molecule has 12 nitrogen and oxygen atoms in total. The summed E-state index contributed by atoms with van der Waals surface area (Å²) in [6, 6.07) is 22.4. The summed E-state index contributed by atoms with van der Waals surface area (Å²) in [5.41, 5.74) is 0.740. The first kappa shape index (κ1) is 30.9. The number of piperidine rings is 1. The lowest BCUT2D eigenvalue weighted by molar-refractivity contribution is -0.387. The number of carbonyl (C=O) groups is 3. The van der Waals surface area contributed by atoms with E-state index in [9.17, 15) is 32.9 Å². The molecular weight excluding hydrogens is 612 g/mol. The molecule has 6 rings (SSSR count). The molecule has 46 heavy (non-hydrogen) atoms. The van der Waals surface area contributed by atoms with Gasteiger partial charge in [-0.05, 0) is 60.7 Å². The summed E-state index contributed by atoms with van der Waals surface area (Å²) in [6.07, 6.45) is 0.738. The lowest BCUT2D eigenvalue weighted by atomic mass is 9.94. The van der Waals surface area contributed by atoms with Crippen molar-refractivity contribution in [1.29, 1.82) is 0 Å². The Labute approximate surface area is 265 Å². The molecule has 1 fully saturated rings. The second-order valence-electron chi connectivity index (χ2n) is 11.1. The number of methoxy groups -OCH3 is 1. The number of carbonyl (C=O) groups excluding carboxylic acids is 3. The Morgan fingerprint density at radius 1 is 0.957 bits per heavy atom. The van der Waals surface area contributed by atoms with Gasteiger partial charge in [-0.3, -0.25) is 29.4 Å². The van der Waals surface area contributed by atoms with Crippen molar-refractivity contribution in [1.82, 2.24) is 9.21 Å². The van der Waals surface area contributed by atoms with Crippen LogP contribution in [0.4, 0.5) is 11.4 Å². The van der Waals surface area contributed by atoms with Crippen molar-refractivity contribution in [3.8, 4) is 5.75 Å². The maximum absolute atomic E-state index is 14.2. The summed E-state index contributed by atoms with van der Waals surface area (Å²) in [5.74, 6) is -1.55. The molecule has 2 heterocycles. The fourth-order valence-electron chi connectivity index (χ4n) is 6.16. The lowest BCUT2D eigenvalue weighted by Gasteiger charge is -2.35. The predicted octanol–water partition coefficient (Wildman–Crippen LogP) is 4.49. The summed E-state index contributed by atoms with van der Waals surface area (Å²) < 4.78 is 33.5. The summed E-state index contributed by atoms with van der Waals surface area (Å²) in [6.45, 7) is -0.238. The number of sulfonamides is 1. The van der Waals surface area contributed by atoms with E-state index < -0.39 is 49.2 Å². The Hall–Kier alpha value is -5.14. The zero-order valence-electron chi connectivity index (χ0n) is 24.9. The number of benzene rings is 4. The quantitative estimate of drug-likeness (QED) is 0.147. The highest BCUT2D eigenvalue weighted by Gasteiger charge is 2.39. The van der Waals surface area contributed by atoms with Crippen LogP contribution < -0.4 is 9.64 Å². The van der Waals surface area contributed by atoms with E-state index in [0.29, 0.717) is 40.8 Å². The van der Waals surface area contributed by atoms with Crippen LogP contribution in [0.2, 0.25) is 0 Å². The van der Waals surface area contributed by atoms with Gasteiger partial charge in [-0.1, -0.05) is 36.4 Å². The van der Waals surface area contributed by atoms with Gasteiger partial charge in [-0.25, -0.2) is 8.42 Å². The van der Waals surface area contributed by atoms with E-state index in [1.165, 1.54) is 30.2 Å². The SMILES string of the molecule is COc1ccc(N(CCN2C(=O)c3cccc4cccc(c34)C2=O)C(=O)[C@H]2CCCN(S(=O)(=O)c3ccccc3[N+](=O)[O-])C2)cc1. The van der Waals surface area contributed by atoms with Crippen LogP contribution in [0.3, 0.4) is 0 Å². The van der Waals surface area contributed by atoms with E-state index in [0.717, 1.165) is 20.7 Å². The van der Waals surface area contributed by atoms with Crippen molar-refractivity contribution < 1.29 is 32.5 Å². The molecule has 0 spiro atoms. The van der Waals surface area contributed by atoms with E-state index in [4.69, 9.17) is 4.74 Å².